The fourth-order valence-electron chi connectivity index (χ4n) is 3.83. The number of para-hydroxylation sites is 1. The van der Waals surface area contributed by atoms with E-state index in [2.05, 4.69) is 26.1 Å². The molecule has 166 valence electrons. The average Bonchev–Trinajstić information content (AvgIpc) is 2.79. The SMILES string of the molecule is CCC(C)c1ccccc1OC(C)C(=O)Nc1cccc(C(=O)N2CCC(C)CC2)c1. The predicted octanol–water partition coefficient (Wildman–Crippen LogP) is 5.48. The number of ether oxygens (including phenoxy) is 1. The smallest absolute Gasteiger partial charge is 0.265 e. The molecular formula is C26H34N2O3. The summed E-state index contributed by atoms with van der Waals surface area (Å²) in [6, 6.07) is 15.0. The van der Waals surface area contributed by atoms with E-state index in [-0.39, 0.29) is 11.8 Å². The molecule has 0 aromatic heterocycles. The molecule has 2 unspecified atom stereocenters. The number of piperidine rings is 1. The molecule has 1 fully saturated rings. The van der Waals surface area contributed by atoms with Gasteiger partial charge in [-0.3, -0.25) is 9.59 Å². The minimum Gasteiger partial charge on any atom is -0.481 e. The number of benzene rings is 2. The van der Waals surface area contributed by atoms with Crippen LogP contribution in [0, 0.1) is 5.92 Å². The molecule has 5 nitrogen and oxygen atoms in total. The Hall–Kier alpha value is -2.82. The van der Waals surface area contributed by atoms with Gasteiger partial charge in [-0.15, -0.1) is 0 Å². The number of carbonyl (C=O) groups excluding carboxylic acids is 2. The Labute approximate surface area is 185 Å². The van der Waals surface area contributed by atoms with Crippen molar-refractivity contribution in [3.63, 3.8) is 0 Å². The second-order valence-corrected chi connectivity index (χ2v) is 8.65. The van der Waals surface area contributed by atoms with Gasteiger partial charge in [-0.25, -0.2) is 0 Å². The third-order valence-electron chi connectivity index (χ3n) is 6.18. The van der Waals surface area contributed by atoms with Gasteiger partial charge in [0.2, 0.25) is 0 Å². The van der Waals surface area contributed by atoms with Gasteiger partial charge in [0, 0.05) is 24.3 Å². The van der Waals surface area contributed by atoms with E-state index in [4.69, 9.17) is 4.74 Å². The van der Waals surface area contributed by atoms with Crippen molar-refractivity contribution in [2.24, 2.45) is 5.92 Å². The normalized spacial score (nSPS) is 16.5. The van der Waals surface area contributed by atoms with Crippen LogP contribution in [0.1, 0.15) is 68.8 Å². The van der Waals surface area contributed by atoms with Gasteiger partial charge in [0.25, 0.3) is 11.8 Å². The average molecular weight is 423 g/mol. The minimum atomic E-state index is -0.659. The molecule has 1 aliphatic heterocycles. The van der Waals surface area contributed by atoms with Crippen molar-refractivity contribution >= 4 is 17.5 Å². The molecule has 1 aliphatic rings. The van der Waals surface area contributed by atoms with Gasteiger partial charge in [-0.05, 0) is 67.9 Å². The fourth-order valence-corrected chi connectivity index (χ4v) is 3.83. The molecule has 0 aliphatic carbocycles. The zero-order valence-electron chi connectivity index (χ0n) is 19.1. The molecular weight excluding hydrogens is 388 g/mol. The summed E-state index contributed by atoms with van der Waals surface area (Å²) in [5.74, 6) is 1.54. The molecule has 0 bridgehead atoms. The van der Waals surface area contributed by atoms with E-state index in [9.17, 15) is 9.59 Å². The van der Waals surface area contributed by atoms with E-state index in [1.807, 2.05) is 29.2 Å². The molecule has 3 rings (SSSR count). The summed E-state index contributed by atoms with van der Waals surface area (Å²) in [5, 5.41) is 2.90. The summed E-state index contributed by atoms with van der Waals surface area (Å²) >= 11 is 0. The number of hydrogen-bond donors (Lipinski definition) is 1. The quantitative estimate of drug-likeness (QED) is 0.643. The van der Waals surface area contributed by atoms with Crippen LogP contribution < -0.4 is 10.1 Å². The van der Waals surface area contributed by atoms with Gasteiger partial charge >= 0.3 is 0 Å². The number of likely N-dealkylation sites (tertiary alicyclic amines) is 1. The molecule has 31 heavy (non-hydrogen) atoms. The maximum absolute atomic E-state index is 12.8. The number of nitrogens with one attached hydrogen (secondary N) is 1. The fraction of sp³-hybridized carbons (Fsp3) is 0.462. The first-order valence-electron chi connectivity index (χ1n) is 11.3. The highest BCUT2D eigenvalue weighted by Crippen LogP contribution is 2.29. The first-order chi connectivity index (χ1) is 14.9. The summed E-state index contributed by atoms with van der Waals surface area (Å²) < 4.78 is 6.00. The van der Waals surface area contributed by atoms with E-state index in [0.29, 0.717) is 23.1 Å². The monoisotopic (exact) mass is 422 g/mol. The molecule has 0 saturated carbocycles. The first kappa shape index (κ1) is 22.9. The zero-order chi connectivity index (χ0) is 22.4. The summed E-state index contributed by atoms with van der Waals surface area (Å²) in [6.07, 6.45) is 2.41. The van der Waals surface area contributed by atoms with Gasteiger partial charge in [0.05, 0.1) is 0 Å². The molecule has 2 aromatic rings. The lowest BCUT2D eigenvalue weighted by molar-refractivity contribution is -0.122. The summed E-state index contributed by atoms with van der Waals surface area (Å²) in [5.41, 5.74) is 2.31. The standard InChI is InChI=1S/C26H34N2O3/c1-5-19(3)23-11-6-7-12-24(23)31-20(4)25(29)27-22-10-8-9-21(17-22)26(30)28-15-13-18(2)14-16-28/h6-12,17-20H,5,13-16H2,1-4H3,(H,27,29). The topological polar surface area (TPSA) is 58.6 Å². The maximum atomic E-state index is 12.8. The van der Waals surface area contributed by atoms with Crippen molar-refractivity contribution in [2.45, 2.75) is 59.0 Å². The maximum Gasteiger partial charge on any atom is 0.265 e. The Kier molecular flexibility index (Phi) is 7.72. The number of anilines is 1. The lowest BCUT2D eigenvalue weighted by Gasteiger charge is -2.30. The van der Waals surface area contributed by atoms with Crippen LogP contribution in [-0.2, 0) is 4.79 Å². The number of carbonyl (C=O) groups is 2. The van der Waals surface area contributed by atoms with E-state index in [0.717, 1.165) is 43.7 Å². The highest BCUT2D eigenvalue weighted by Gasteiger charge is 2.22. The lowest BCUT2D eigenvalue weighted by atomic mass is 9.98. The van der Waals surface area contributed by atoms with Crippen LogP contribution in [0.5, 0.6) is 5.75 Å². The van der Waals surface area contributed by atoms with Crippen molar-refractivity contribution < 1.29 is 14.3 Å². The number of amides is 2. The van der Waals surface area contributed by atoms with E-state index >= 15 is 0 Å². The summed E-state index contributed by atoms with van der Waals surface area (Å²) in [6.45, 7) is 9.83. The molecule has 2 amide bonds. The predicted molar refractivity (Wildman–Crippen MR) is 125 cm³/mol. The zero-order valence-corrected chi connectivity index (χ0v) is 19.1. The molecule has 5 heteroatoms. The van der Waals surface area contributed by atoms with Crippen molar-refractivity contribution in [3.05, 3.63) is 59.7 Å². The molecule has 2 atom stereocenters. The van der Waals surface area contributed by atoms with Gasteiger partial charge in [0.1, 0.15) is 5.75 Å². The Balaban J connectivity index is 1.64. The van der Waals surface area contributed by atoms with Gasteiger partial charge in [0.15, 0.2) is 6.10 Å². The van der Waals surface area contributed by atoms with Crippen LogP contribution in [0.2, 0.25) is 0 Å². The molecule has 1 N–H and O–H groups in total. The van der Waals surface area contributed by atoms with Gasteiger partial charge < -0.3 is 15.0 Å². The number of rotatable bonds is 7. The number of hydrogen-bond acceptors (Lipinski definition) is 3. The summed E-state index contributed by atoms with van der Waals surface area (Å²) in [7, 11) is 0. The van der Waals surface area contributed by atoms with E-state index in [1.54, 1.807) is 31.2 Å². The van der Waals surface area contributed by atoms with Crippen molar-refractivity contribution in [1.82, 2.24) is 4.90 Å². The Bertz CT molecular complexity index is 903. The molecule has 1 heterocycles. The Morgan fingerprint density at radius 1 is 1.10 bits per heavy atom. The van der Waals surface area contributed by atoms with Gasteiger partial charge in [-0.1, -0.05) is 45.0 Å². The van der Waals surface area contributed by atoms with E-state index < -0.39 is 6.10 Å². The van der Waals surface area contributed by atoms with Crippen LogP contribution in [0.4, 0.5) is 5.69 Å². The highest BCUT2D eigenvalue weighted by atomic mass is 16.5. The Morgan fingerprint density at radius 2 is 1.81 bits per heavy atom. The van der Waals surface area contributed by atoms with Crippen LogP contribution in [-0.4, -0.2) is 35.9 Å². The highest BCUT2D eigenvalue weighted by molar-refractivity contribution is 5.98. The molecule has 2 aromatic carbocycles. The molecule has 0 radical (unpaired) electrons. The second kappa shape index (κ2) is 10.5. The van der Waals surface area contributed by atoms with Crippen LogP contribution >= 0.6 is 0 Å². The number of nitrogens with zero attached hydrogens (tertiary/aromatic N) is 1. The van der Waals surface area contributed by atoms with Crippen molar-refractivity contribution in [3.8, 4) is 5.75 Å². The van der Waals surface area contributed by atoms with E-state index in [1.165, 1.54) is 0 Å². The Morgan fingerprint density at radius 3 is 2.52 bits per heavy atom. The summed E-state index contributed by atoms with van der Waals surface area (Å²) in [4.78, 5) is 27.5. The lowest BCUT2D eigenvalue weighted by Crippen LogP contribution is -2.38. The molecule has 0 spiro atoms. The largest absolute Gasteiger partial charge is 0.481 e. The van der Waals surface area contributed by atoms with Gasteiger partial charge in [-0.2, -0.15) is 0 Å². The van der Waals surface area contributed by atoms with Crippen LogP contribution in [0.25, 0.3) is 0 Å². The third-order valence-corrected chi connectivity index (χ3v) is 6.18. The molecule has 1 saturated heterocycles. The van der Waals surface area contributed by atoms with Crippen molar-refractivity contribution in [1.29, 1.82) is 0 Å². The second-order valence-electron chi connectivity index (χ2n) is 8.65. The third kappa shape index (κ3) is 5.87. The minimum absolute atomic E-state index is 0.0229. The first-order valence-corrected chi connectivity index (χ1v) is 11.3. The van der Waals surface area contributed by atoms with Crippen LogP contribution in [0.15, 0.2) is 48.5 Å². The van der Waals surface area contributed by atoms with Crippen molar-refractivity contribution in [2.75, 3.05) is 18.4 Å². The van der Waals surface area contributed by atoms with Crippen LogP contribution in [0.3, 0.4) is 0 Å².